The molecule has 0 aliphatic heterocycles. The van der Waals surface area contributed by atoms with Gasteiger partial charge in [0.15, 0.2) is 11.5 Å². The number of nitrogens with one attached hydrogen (secondary N) is 1. The summed E-state index contributed by atoms with van der Waals surface area (Å²) in [5.41, 5.74) is 7.05. The van der Waals surface area contributed by atoms with Gasteiger partial charge in [-0.2, -0.15) is 0 Å². The summed E-state index contributed by atoms with van der Waals surface area (Å²) in [6, 6.07) is 7.28. The number of amides is 1. The maximum Gasteiger partial charge on any atom is 0.278 e. The molecule has 0 spiro atoms. The standard InChI is InChI=1S/C14H11N5OS/c15-13-12(14(20)18-9-3-1-5-16-7-9)19-10(8-17-13)11-4-2-6-21-11/h1-8H,(H2,15,17)(H,18,20). The van der Waals surface area contributed by atoms with Crippen molar-refractivity contribution in [1.82, 2.24) is 15.0 Å². The second kappa shape index (κ2) is 5.68. The van der Waals surface area contributed by atoms with Gasteiger partial charge in [0.1, 0.15) is 0 Å². The zero-order valence-corrected chi connectivity index (χ0v) is 11.7. The zero-order chi connectivity index (χ0) is 14.7. The molecule has 6 nitrogen and oxygen atoms in total. The number of aromatic nitrogens is 3. The SMILES string of the molecule is Nc1ncc(-c2cccs2)nc1C(=O)Nc1cccnc1. The first-order chi connectivity index (χ1) is 10.2. The molecular formula is C14H11N5OS. The van der Waals surface area contributed by atoms with Crippen LogP contribution in [-0.2, 0) is 0 Å². The Hall–Kier alpha value is -2.80. The molecule has 7 heteroatoms. The van der Waals surface area contributed by atoms with Crippen molar-refractivity contribution in [3.8, 4) is 10.6 Å². The molecule has 3 rings (SSSR count). The van der Waals surface area contributed by atoms with Crippen LogP contribution < -0.4 is 11.1 Å². The molecule has 3 heterocycles. The third-order valence-corrected chi connectivity index (χ3v) is 3.60. The number of hydrogen-bond acceptors (Lipinski definition) is 6. The van der Waals surface area contributed by atoms with Gasteiger partial charge in [0.2, 0.25) is 0 Å². The molecule has 0 unspecified atom stereocenters. The molecule has 0 fully saturated rings. The van der Waals surface area contributed by atoms with Crippen molar-refractivity contribution < 1.29 is 4.79 Å². The monoisotopic (exact) mass is 297 g/mol. The molecule has 3 aromatic rings. The average Bonchev–Trinajstić information content (AvgIpc) is 3.03. The molecule has 0 saturated carbocycles. The smallest absolute Gasteiger partial charge is 0.278 e. The maximum absolute atomic E-state index is 12.2. The van der Waals surface area contributed by atoms with Gasteiger partial charge in [-0.05, 0) is 23.6 Å². The van der Waals surface area contributed by atoms with Crippen LogP contribution in [0.15, 0.2) is 48.2 Å². The van der Waals surface area contributed by atoms with Crippen LogP contribution in [0.2, 0.25) is 0 Å². The second-order valence-electron chi connectivity index (χ2n) is 4.16. The summed E-state index contributed by atoms with van der Waals surface area (Å²) in [5.74, 6) is -0.317. The number of nitrogens with two attached hydrogens (primary N) is 1. The number of pyridine rings is 1. The fraction of sp³-hybridized carbons (Fsp3) is 0. The van der Waals surface area contributed by atoms with E-state index in [1.807, 2.05) is 17.5 Å². The first-order valence-electron chi connectivity index (χ1n) is 6.12. The Morgan fingerprint density at radius 1 is 1.24 bits per heavy atom. The van der Waals surface area contributed by atoms with E-state index in [0.717, 1.165) is 4.88 Å². The zero-order valence-electron chi connectivity index (χ0n) is 10.9. The summed E-state index contributed by atoms with van der Waals surface area (Å²) in [5, 5.41) is 4.62. The summed E-state index contributed by atoms with van der Waals surface area (Å²) < 4.78 is 0. The van der Waals surface area contributed by atoms with Gasteiger partial charge in [0, 0.05) is 6.20 Å². The van der Waals surface area contributed by atoms with E-state index >= 15 is 0 Å². The Balaban J connectivity index is 1.91. The van der Waals surface area contributed by atoms with Crippen molar-refractivity contribution >= 4 is 28.7 Å². The van der Waals surface area contributed by atoms with Crippen LogP contribution in [0, 0.1) is 0 Å². The van der Waals surface area contributed by atoms with E-state index < -0.39 is 5.91 Å². The van der Waals surface area contributed by atoms with Crippen molar-refractivity contribution in [3.63, 3.8) is 0 Å². The Morgan fingerprint density at radius 3 is 2.86 bits per heavy atom. The molecule has 0 saturated heterocycles. The average molecular weight is 297 g/mol. The minimum Gasteiger partial charge on any atom is -0.382 e. The Kier molecular flexibility index (Phi) is 3.57. The number of carbonyl (C=O) groups excluding carboxylic acids is 1. The Morgan fingerprint density at radius 2 is 2.14 bits per heavy atom. The first-order valence-corrected chi connectivity index (χ1v) is 7.00. The quantitative estimate of drug-likeness (QED) is 0.774. The number of hydrogen-bond donors (Lipinski definition) is 2. The lowest BCUT2D eigenvalue weighted by Gasteiger charge is -2.07. The van der Waals surface area contributed by atoms with Crippen LogP contribution in [-0.4, -0.2) is 20.9 Å². The lowest BCUT2D eigenvalue weighted by Crippen LogP contribution is -2.17. The van der Waals surface area contributed by atoms with Crippen LogP contribution in [0.3, 0.4) is 0 Å². The topological polar surface area (TPSA) is 93.8 Å². The highest BCUT2D eigenvalue weighted by Gasteiger charge is 2.15. The van der Waals surface area contributed by atoms with Crippen LogP contribution >= 0.6 is 11.3 Å². The molecule has 0 atom stereocenters. The summed E-state index contributed by atoms with van der Waals surface area (Å²) in [7, 11) is 0. The van der Waals surface area contributed by atoms with E-state index in [0.29, 0.717) is 11.4 Å². The number of nitrogens with zero attached hydrogens (tertiary/aromatic N) is 3. The van der Waals surface area contributed by atoms with Crippen LogP contribution in [0.4, 0.5) is 11.5 Å². The predicted octanol–water partition coefficient (Wildman–Crippen LogP) is 2.43. The van der Waals surface area contributed by atoms with Crippen molar-refractivity contribution in [2.45, 2.75) is 0 Å². The van der Waals surface area contributed by atoms with Crippen LogP contribution in [0.25, 0.3) is 10.6 Å². The fourth-order valence-electron chi connectivity index (χ4n) is 1.74. The summed E-state index contributed by atoms with van der Waals surface area (Å²) in [6.07, 6.45) is 4.73. The predicted molar refractivity (Wildman–Crippen MR) is 81.9 cm³/mol. The minimum atomic E-state index is -0.411. The van der Waals surface area contributed by atoms with Crippen molar-refractivity contribution in [1.29, 1.82) is 0 Å². The molecule has 0 bridgehead atoms. The molecule has 21 heavy (non-hydrogen) atoms. The summed E-state index contributed by atoms with van der Waals surface area (Å²) in [6.45, 7) is 0. The Bertz CT molecular complexity index is 758. The molecule has 0 radical (unpaired) electrons. The van der Waals surface area contributed by atoms with Gasteiger partial charge in [-0.3, -0.25) is 9.78 Å². The lowest BCUT2D eigenvalue weighted by atomic mass is 10.3. The first kappa shape index (κ1) is 13.2. The largest absolute Gasteiger partial charge is 0.382 e. The number of rotatable bonds is 3. The molecule has 104 valence electrons. The number of thiophene rings is 1. The number of anilines is 2. The van der Waals surface area contributed by atoms with Gasteiger partial charge in [-0.15, -0.1) is 11.3 Å². The molecule has 0 aromatic carbocycles. The van der Waals surface area contributed by atoms with Gasteiger partial charge < -0.3 is 11.1 Å². The van der Waals surface area contributed by atoms with Gasteiger partial charge in [-0.25, -0.2) is 9.97 Å². The van der Waals surface area contributed by atoms with E-state index in [1.54, 1.807) is 30.7 Å². The molecule has 3 aromatic heterocycles. The molecular weight excluding hydrogens is 286 g/mol. The number of carbonyl (C=O) groups is 1. The van der Waals surface area contributed by atoms with E-state index in [4.69, 9.17) is 5.73 Å². The van der Waals surface area contributed by atoms with Gasteiger partial charge in [0.05, 0.1) is 28.7 Å². The van der Waals surface area contributed by atoms with E-state index in [9.17, 15) is 4.79 Å². The summed E-state index contributed by atoms with van der Waals surface area (Å²) in [4.78, 5) is 25.4. The van der Waals surface area contributed by atoms with E-state index in [2.05, 4.69) is 20.3 Å². The van der Waals surface area contributed by atoms with Crippen molar-refractivity contribution in [2.75, 3.05) is 11.1 Å². The van der Waals surface area contributed by atoms with E-state index in [1.165, 1.54) is 11.3 Å². The van der Waals surface area contributed by atoms with Crippen molar-refractivity contribution in [2.24, 2.45) is 0 Å². The highest BCUT2D eigenvalue weighted by molar-refractivity contribution is 7.13. The van der Waals surface area contributed by atoms with Gasteiger partial charge in [-0.1, -0.05) is 6.07 Å². The minimum absolute atomic E-state index is 0.0942. The normalized spacial score (nSPS) is 10.3. The van der Waals surface area contributed by atoms with Gasteiger partial charge >= 0.3 is 0 Å². The van der Waals surface area contributed by atoms with Crippen LogP contribution in [0.5, 0.6) is 0 Å². The summed E-state index contributed by atoms with van der Waals surface area (Å²) >= 11 is 1.52. The fourth-order valence-corrected chi connectivity index (χ4v) is 2.42. The molecule has 3 N–H and O–H groups in total. The maximum atomic E-state index is 12.2. The lowest BCUT2D eigenvalue weighted by molar-refractivity contribution is 0.102. The molecule has 1 amide bonds. The Labute approximate surface area is 124 Å². The third kappa shape index (κ3) is 2.87. The molecule has 0 aliphatic rings. The highest BCUT2D eigenvalue weighted by Crippen LogP contribution is 2.23. The van der Waals surface area contributed by atoms with Crippen molar-refractivity contribution in [3.05, 3.63) is 53.9 Å². The highest BCUT2D eigenvalue weighted by atomic mass is 32.1. The van der Waals surface area contributed by atoms with Crippen LogP contribution in [0.1, 0.15) is 10.5 Å². The van der Waals surface area contributed by atoms with Gasteiger partial charge in [0.25, 0.3) is 5.91 Å². The third-order valence-electron chi connectivity index (χ3n) is 2.71. The van der Waals surface area contributed by atoms with E-state index in [-0.39, 0.29) is 11.5 Å². The molecule has 0 aliphatic carbocycles. The number of nitrogen functional groups attached to an aromatic ring is 1. The second-order valence-corrected chi connectivity index (χ2v) is 5.11.